The van der Waals surface area contributed by atoms with Crippen molar-refractivity contribution >= 4 is 40.0 Å². The summed E-state index contributed by atoms with van der Waals surface area (Å²) in [5, 5.41) is 1.52. The zero-order valence-corrected chi connectivity index (χ0v) is 13.5. The number of nitrogens with zero attached hydrogens (tertiary/aromatic N) is 1. The van der Waals surface area contributed by atoms with Crippen molar-refractivity contribution < 1.29 is 9.18 Å². The van der Waals surface area contributed by atoms with E-state index in [-0.39, 0.29) is 10.8 Å². The molecule has 0 atom stereocenters. The molecule has 3 aromatic rings. The molecule has 3 nitrogen and oxygen atoms in total. The van der Waals surface area contributed by atoms with E-state index in [0.29, 0.717) is 16.2 Å². The summed E-state index contributed by atoms with van der Waals surface area (Å²) in [6.45, 7) is 3.34. The van der Waals surface area contributed by atoms with Crippen molar-refractivity contribution in [3.63, 3.8) is 0 Å². The van der Waals surface area contributed by atoms with Crippen LogP contribution >= 0.6 is 23.4 Å². The molecule has 0 fully saturated rings. The van der Waals surface area contributed by atoms with E-state index in [1.165, 1.54) is 24.8 Å². The van der Waals surface area contributed by atoms with Crippen LogP contribution in [0.3, 0.4) is 0 Å². The first kappa shape index (κ1) is 15.1. The van der Waals surface area contributed by atoms with Gasteiger partial charge in [-0.15, -0.1) is 0 Å². The highest BCUT2D eigenvalue weighted by Crippen LogP contribution is 2.37. The van der Waals surface area contributed by atoms with Crippen LogP contribution in [0.4, 0.5) is 4.39 Å². The number of aryl methyl sites for hydroxylation is 1. The second-order valence-electron chi connectivity index (χ2n) is 4.88. The van der Waals surface area contributed by atoms with Crippen molar-refractivity contribution in [2.75, 3.05) is 0 Å². The molecular weight excluding hydrogens is 323 g/mol. The summed E-state index contributed by atoms with van der Waals surface area (Å²) in [4.78, 5) is 19.6. The van der Waals surface area contributed by atoms with Gasteiger partial charge in [0.15, 0.2) is 11.6 Å². The maximum atomic E-state index is 14.1. The molecule has 22 heavy (non-hydrogen) atoms. The number of H-pyrrole nitrogens is 1. The van der Waals surface area contributed by atoms with Crippen LogP contribution in [0.1, 0.15) is 23.1 Å². The first-order valence-corrected chi connectivity index (χ1v) is 7.79. The van der Waals surface area contributed by atoms with Crippen molar-refractivity contribution in [2.45, 2.75) is 23.8 Å². The Bertz CT molecular complexity index is 891. The summed E-state index contributed by atoms with van der Waals surface area (Å²) in [5.41, 5.74) is 1.63. The van der Waals surface area contributed by atoms with Crippen molar-refractivity contribution in [3.05, 3.63) is 52.6 Å². The van der Waals surface area contributed by atoms with Gasteiger partial charge in [0, 0.05) is 22.9 Å². The fourth-order valence-corrected chi connectivity index (χ4v) is 3.35. The third kappa shape index (κ3) is 2.62. The average molecular weight is 335 g/mol. The summed E-state index contributed by atoms with van der Waals surface area (Å²) < 4.78 is 14.1. The molecule has 2 heterocycles. The van der Waals surface area contributed by atoms with E-state index in [4.69, 9.17) is 11.6 Å². The van der Waals surface area contributed by atoms with Crippen LogP contribution in [0, 0.1) is 12.7 Å². The highest BCUT2D eigenvalue weighted by molar-refractivity contribution is 7.99. The maximum Gasteiger partial charge on any atom is 0.178 e. The minimum atomic E-state index is -0.459. The van der Waals surface area contributed by atoms with Gasteiger partial charge in [-0.1, -0.05) is 29.4 Å². The number of hydrogen-bond donors (Lipinski definition) is 1. The van der Waals surface area contributed by atoms with Crippen LogP contribution in [-0.4, -0.2) is 15.8 Å². The highest BCUT2D eigenvalue weighted by atomic mass is 35.5. The molecule has 0 saturated carbocycles. The van der Waals surface area contributed by atoms with E-state index in [1.54, 1.807) is 18.2 Å². The van der Waals surface area contributed by atoms with E-state index >= 15 is 0 Å². The lowest BCUT2D eigenvalue weighted by atomic mass is 10.2. The van der Waals surface area contributed by atoms with Gasteiger partial charge in [-0.2, -0.15) is 0 Å². The van der Waals surface area contributed by atoms with Gasteiger partial charge < -0.3 is 4.98 Å². The summed E-state index contributed by atoms with van der Waals surface area (Å²) >= 11 is 7.21. The minimum Gasteiger partial charge on any atom is -0.355 e. The zero-order valence-electron chi connectivity index (χ0n) is 11.9. The largest absolute Gasteiger partial charge is 0.355 e. The molecule has 0 amide bonds. The number of Topliss-reactive ketones (excluding diaryl/α,β-unsaturated/α-hetero) is 1. The van der Waals surface area contributed by atoms with E-state index in [0.717, 1.165) is 16.0 Å². The fourth-order valence-electron chi connectivity index (χ4n) is 2.21. The Labute approximate surface area is 135 Å². The third-order valence-corrected chi connectivity index (χ3v) is 4.74. The first-order chi connectivity index (χ1) is 10.5. The number of benzene rings is 1. The van der Waals surface area contributed by atoms with Gasteiger partial charge in [0.1, 0.15) is 10.7 Å². The summed E-state index contributed by atoms with van der Waals surface area (Å²) in [5.74, 6) is -0.546. The van der Waals surface area contributed by atoms with E-state index in [2.05, 4.69) is 9.97 Å². The molecule has 1 N–H and O–H groups in total. The zero-order chi connectivity index (χ0) is 15.9. The normalized spacial score (nSPS) is 11.1. The van der Waals surface area contributed by atoms with E-state index in [9.17, 15) is 9.18 Å². The molecule has 2 aromatic heterocycles. The summed E-state index contributed by atoms with van der Waals surface area (Å²) in [7, 11) is 0. The Hall–Kier alpha value is -1.85. The van der Waals surface area contributed by atoms with Gasteiger partial charge in [-0.3, -0.25) is 4.79 Å². The van der Waals surface area contributed by atoms with Crippen LogP contribution in [0.2, 0.25) is 5.02 Å². The predicted octanol–water partition coefficient (Wildman–Crippen LogP) is 5.02. The number of ketones is 1. The van der Waals surface area contributed by atoms with Gasteiger partial charge in [0.25, 0.3) is 0 Å². The molecule has 0 aliphatic heterocycles. The second kappa shape index (κ2) is 5.74. The standard InChI is InChI=1S/C16H12ClFN2OS/c1-8-16(10-6-7-11(17)14(18)15(10)19-8)22-13-5-3-4-12(20-13)9(2)21/h3-7,19H,1-2H3. The molecule has 0 aliphatic rings. The van der Waals surface area contributed by atoms with Crippen LogP contribution < -0.4 is 0 Å². The van der Waals surface area contributed by atoms with Crippen LogP contribution in [0.15, 0.2) is 40.3 Å². The molecule has 0 radical (unpaired) electrons. The van der Waals surface area contributed by atoms with E-state index < -0.39 is 5.82 Å². The molecule has 1 aromatic carbocycles. The maximum absolute atomic E-state index is 14.1. The molecule has 3 rings (SSSR count). The number of hydrogen-bond acceptors (Lipinski definition) is 3. The minimum absolute atomic E-state index is 0.0852. The van der Waals surface area contributed by atoms with E-state index in [1.807, 2.05) is 13.0 Å². The lowest BCUT2D eigenvalue weighted by Gasteiger charge is -2.03. The molecule has 6 heteroatoms. The monoisotopic (exact) mass is 334 g/mol. The highest BCUT2D eigenvalue weighted by Gasteiger charge is 2.15. The summed E-state index contributed by atoms with van der Waals surface area (Å²) in [6.07, 6.45) is 0. The number of carbonyl (C=O) groups is 1. The first-order valence-electron chi connectivity index (χ1n) is 6.59. The fraction of sp³-hybridized carbons (Fsp3) is 0.125. The smallest absolute Gasteiger partial charge is 0.178 e. The molecule has 112 valence electrons. The molecular formula is C16H12ClFN2OS. The van der Waals surface area contributed by atoms with Crippen LogP contribution in [-0.2, 0) is 0 Å². The number of halogens is 2. The van der Waals surface area contributed by atoms with Crippen molar-refractivity contribution in [3.8, 4) is 0 Å². The number of aromatic nitrogens is 2. The van der Waals surface area contributed by atoms with Gasteiger partial charge in [0.05, 0.1) is 10.5 Å². The van der Waals surface area contributed by atoms with Crippen molar-refractivity contribution in [1.82, 2.24) is 9.97 Å². The third-order valence-electron chi connectivity index (χ3n) is 3.28. The Kier molecular flexibility index (Phi) is 3.93. The average Bonchev–Trinajstić information content (AvgIpc) is 2.80. The number of nitrogens with one attached hydrogen (secondary N) is 1. The van der Waals surface area contributed by atoms with Gasteiger partial charge >= 0.3 is 0 Å². The molecule has 0 bridgehead atoms. The van der Waals surface area contributed by atoms with Crippen molar-refractivity contribution in [2.24, 2.45) is 0 Å². The Balaban J connectivity index is 2.08. The van der Waals surface area contributed by atoms with Crippen LogP contribution in [0.5, 0.6) is 0 Å². The van der Waals surface area contributed by atoms with Gasteiger partial charge in [-0.25, -0.2) is 9.37 Å². The quantitative estimate of drug-likeness (QED) is 0.684. The van der Waals surface area contributed by atoms with Gasteiger partial charge in [0.2, 0.25) is 0 Å². The number of rotatable bonds is 3. The number of pyridine rings is 1. The van der Waals surface area contributed by atoms with Crippen molar-refractivity contribution in [1.29, 1.82) is 0 Å². The topological polar surface area (TPSA) is 45.8 Å². The number of aromatic amines is 1. The number of carbonyl (C=O) groups excluding carboxylic acids is 1. The van der Waals surface area contributed by atoms with Gasteiger partial charge in [-0.05, 0) is 31.2 Å². The Morgan fingerprint density at radius 1 is 1.32 bits per heavy atom. The Morgan fingerprint density at radius 3 is 2.82 bits per heavy atom. The second-order valence-corrected chi connectivity index (χ2v) is 6.32. The molecule has 0 unspecified atom stereocenters. The molecule has 0 aliphatic carbocycles. The lowest BCUT2D eigenvalue weighted by molar-refractivity contribution is 0.101. The molecule has 0 saturated heterocycles. The van der Waals surface area contributed by atoms with Crippen LogP contribution in [0.25, 0.3) is 10.9 Å². The lowest BCUT2D eigenvalue weighted by Crippen LogP contribution is -1.96. The predicted molar refractivity (Wildman–Crippen MR) is 86.4 cm³/mol. The summed E-state index contributed by atoms with van der Waals surface area (Å²) in [6, 6.07) is 8.60. The molecule has 0 spiro atoms. The SMILES string of the molecule is CC(=O)c1cccc(Sc2c(C)[nH]c3c(F)c(Cl)ccc23)n1. The number of fused-ring (bicyclic) bond motifs is 1. The Morgan fingerprint density at radius 2 is 2.09 bits per heavy atom.